The van der Waals surface area contributed by atoms with E-state index in [4.69, 9.17) is 11.5 Å². The number of amides is 1. The van der Waals surface area contributed by atoms with Crippen molar-refractivity contribution in [3.05, 3.63) is 24.0 Å². The van der Waals surface area contributed by atoms with Gasteiger partial charge in [0.05, 0.1) is 12.2 Å². The molecule has 1 rings (SSSR count). The molecule has 1 heterocycles. The zero-order valence-corrected chi connectivity index (χ0v) is 10.9. The summed E-state index contributed by atoms with van der Waals surface area (Å²) in [5.74, 6) is -0.702. The Morgan fingerprint density at radius 1 is 1.44 bits per heavy atom. The van der Waals surface area contributed by atoms with Crippen molar-refractivity contribution in [2.75, 3.05) is 13.1 Å². The van der Waals surface area contributed by atoms with Crippen molar-refractivity contribution < 1.29 is 13.2 Å². The van der Waals surface area contributed by atoms with Crippen molar-refractivity contribution in [1.29, 1.82) is 0 Å². The number of pyridine rings is 1. The number of sulfonamides is 1. The average Bonchev–Trinajstić information content (AvgIpc) is 2.35. The van der Waals surface area contributed by atoms with Crippen LogP contribution in [-0.4, -0.2) is 36.7 Å². The van der Waals surface area contributed by atoms with Crippen molar-refractivity contribution in [3.8, 4) is 0 Å². The summed E-state index contributed by atoms with van der Waals surface area (Å²) in [6.07, 6.45) is 1.22. The van der Waals surface area contributed by atoms with E-state index in [2.05, 4.69) is 4.98 Å². The molecule has 18 heavy (non-hydrogen) atoms. The molecule has 1 aromatic rings. The Morgan fingerprint density at radius 2 is 2.11 bits per heavy atom. The van der Waals surface area contributed by atoms with E-state index in [1.165, 1.54) is 18.3 Å². The van der Waals surface area contributed by atoms with Crippen molar-refractivity contribution in [1.82, 2.24) is 9.29 Å². The molecule has 0 saturated carbocycles. The molecule has 100 valence electrons. The summed E-state index contributed by atoms with van der Waals surface area (Å²) < 4.78 is 25.3. The van der Waals surface area contributed by atoms with Gasteiger partial charge in [-0.15, -0.1) is 0 Å². The third-order valence-corrected chi connectivity index (χ3v) is 4.23. The summed E-state index contributed by atoms with van der Waals surface area (Å²) >= 11 is 0. The lowest BCUT2D eigenvalue weighted by molar-refractivity contribution is -0.118. The van der Waals surface area contributed by atoms with Gasteiger partial charge in [-0.05, 0) is 12.1 Å². The molecule has 0 aliphatic carbocycles. The molecule has 0 saturated heterocycles. The Hall–Kier alpha value is -1.51. The van der Waals surface area contributed by atoms with Crippen LogP contribution >= 0.6 is 0 Å². The van der Waals surface area contributed by atoms with Crippen molar-refractivity contribution in [2.45, 2.75) is 18.4 Å². The van der Waals surface area contributed by atoms with Crippen LogP contribution in [0.15, 0.2) is 23.2 Å². The first-order valence-electron chi connectivity index (χ1n) is 5.35. The Balaban J connectivity index is 3.06. The maximum Gasteiger partial charge on any atom is 0.245 e. The second-order valence-electron chi connectivity index (χ2n) is 3.59. The van der Waals surface area contributed by atoms with E-state index >= 15 is 0 Å². The predicted octanol–water partition coefficient (Wildman–Crippen LogP) is -0.964. The summed E-state index contributed by atoms with van der Waals surface area (Å²) in [6.45, 7) is 1.67. The van der Waals surface area contributed by atoms with Crippen molar-refractivity contribution in [3.63, 3.8) is 0 Å². The van der Waals surface area contributed by atoms with Crippen LogP contribution in [0.4, 0.5) is 0 Å². The van der Waals surface area contributed by atoms with Crippen LogP contribution in [0.3, 0.4) is 0 Å². The van der Waals surface area contributed by atoms with E-state index in [9.17, 15) is 13.2 Å². The fourth-order valence-corrected chi connectivity index (χ4v) is 2.74. The van der Waals surface area contributed by atoms with Gasteiger partial charge in [0.2, 0.25) is 15.9 Å². The van der Waals surface area contributed by atoms with Crippen LogP contribution in [0.2, 0.25) is 0 Å². The molecule has 0 atom stereocenters. The molecule has 0 bridgehead atoms. The van der Waals surface area contributed by atoms with Crippen LogP contribution < -0.4 is 11.5 Å². The van der Waals surface area contributed by atoms with Crippen LogP contribution in [0, 0.1) is 0 Å². The molecular weight excluding hydrogens is 256 g/mol. The molecule has 0 fully saturated rings. The molecule has 7 nitrogen and oxygen atoms in total. The molecule has 0 aliphatic heterocycles. The Bertz CT molecular complexity index is 512. The van der Waals surface area contributed by atoms with Gasteiger partial charge in [-0.3, -0.25) is 9.78 Å². The number of primary amides is 1. The zero-order chi connectivity index (χ0) is 13.8. The molecule has 4 N–H and O–H groups in total. The van der Waals surface area contributed by atoms with E-state index in [1.807, 2.05) is 0 Å². The highest BCUT2D eigenvalue weighted by Gasteiger charge is 2.24. The number of nitrogens with zero attached hydrogens (tertiary/aromatic N) is 2. The second-order valence-corrected chi connectivity index (χ2v) is 5.52. The van der Waals surface area contributed by atoms with Gasteiger partial charge in [-0.1, -0.05) is 6.92 Å². The lowest BCUT2D eigenvalue weighted by Gasteiger charge is -2.18. The molecule has 8 heteroatoms. The molecule has 1 amide bonds. The number of hydrogen-bond acceptors (Lipinski definition) is 5. The summed E-state index contributed by atoms with van der Waals surface area (Å²) in [6, 6.07) is 2.94. The maximum atomic E-state index is 12.1. The number of carbonyl (C=O) groups excluding carboxylic acids is 1. The number of aromatic nitrogens is 1. The normalized spacial score (nSPS) is 11.7. The van der Waals surface area contributed by atoms with Crippen LogP contribution in [0.25, 0.3) is 0 Å². The summed E-state index contributed by atoms with van der Waals surface area (Å²) in [5.41, 5.74) is 11.0. The minimum Gasteiger partial charge on any atom is -0.369 e. The molecule has 0 unspecified atom stereocenters. The Morgan fingerprint density at radius 3 is 2.50 bits per heavy atom. The SMILES string of the molecule is CCN(CC(N)=O)S(=O)(=O)c1ccc(CN)nc1. The largest absolute Gasteiger partial charge is 0.369 e. The van der Waals surface area contributed by atoms with E-state index in [-0.39, 0.29) is 24.5 Å². The topological polar surface area (TPSA) is 119 Å². The first kappa shape index (κ1) is 14.6. The third kappa shape index (κ3) is 3.25. The lowest BCUT2D eigenvalue weighted by atomic mass is 10.4. The van der Waals surface area contributed by atoms with Crippen molar-refractivity contribution in [2.24, 2.45) is 11.5 Å². The average molecular weight is 272 g/mol. The van der Waals surface area contributed by atoms with E-state index in [1.54, 1.807) is 6.92 Å². The fraction of sp³-hybridized carbons (Fsp3) is 0.400. The van der Waals surface area contributed by atoms with Gasteiger partial charge in [0.25, 0.3) is 0 Å². The van der Waals surface area contributed by atoms with E-state index in [0.717, 1.165) is 4.31 Å². The van der Waals surface area contributed by atoms with Gasteiger partial charge in [0, 0.05) is 19.3 Å². The Labute approximate surface area is 106 Å². The fourth-order valence-electron chi connectivity index (χ4n) is 1.37. The number of hydrogen-bond donors (Lipinski definition) is 2. The summed E-state index contributed by atoms with van der Waals surface area (Å²) in [7, 11) is -3.74. The number of rotatable bonds is 6. The van der Waals surface area contributed by atoms with Gasteiger partial charge in [-0.2, -0.15) is 4.31 Å². The number of nitrogens with two attached hydrogens (primary N) is 2. The molecule has 0 spiro atoms. The summed E-state index contributed by atoms with van der Waals surface area (Å²) in [4.78, 5) is 14.8. The van der Waals surface area contributed by atoms with E-state index in [0.29, 0.717) is 5.69 Å². The third-order valence-electron chi connectivity index (χ3n) is 2.33. The minimum atomic E-state index is -3.74. The van der Waals surface area contributed by atoms with Gasteiger partial charge in [-0.25, -0.2) is 8.42 Å². The standard InChI is InChI=1S/C10H16N4O3S/c1-2-14(7-10(12)15)18(16,17)9-4-3-8(5-11)13-6-9/h3-4,6H,2,5,7,11H2,1H3,(H2,12,15). The maximum absolute atomic E-state index is 12.1. The second kappa shape index (κ2) is 5.89. The zero-order valence-electron chi connectivity index (χ0n) is 10.0. The molecule has 1 aromatic heterocycles. The number of likely N-dealkylation sites (N-methyl/N-ethyl adjacent to an activating group) is 1. The number of carbonyl (C=O) groups is 1. The Kier molecular flexibility index (Phi) is 4.76. The predicted molar refractivity (Wildman–Crippen MR) is 65.8 cm³/mol. The first-order chi connectivity index (χ1) is 8.41. The van der Waals surface area contributed by atoms with E-state index < -0.39 is 15.9 Å². The van der Waals surface area contributed by atoms with Gasteiger partial charge >= 0.3 is 0 Å². The molecular formula is C10H16N4O3S. The molecule has 0 radical (unpaired) electrons. The minimum absolute atomic E-state index is 0.0165. The van der Waals surface area contributed by atoms with Crippen LogP contribution in [0.1, 0.15) is 12.6 Å². The highest BCUT2D eigenvalue weighted by atomic mass is 32.2. The monoisotopic (exact) mass is 272 g/mol. The van der Waals surface area contributed by atoms with Crippen LogP contribution in [-0.2, 0) is 21.4 Å². The molecule has 0 aliphatic rings. The lowest BCUT2D eigenvalue weighted by Crippen LogP contribution is -2.38. The smallest absolute Gasteiger partial charge is 0.245 e. The highest BCUT2D eigenvalue weighted by Crippen LogP contribution is 2.14. The summed E-state index contributed by atoms with van der Waals surface area (Å²) in [5, 5.41) is 0. The van der Waals surface area contributed by atoms with Gasteiger partial charge < -0.3 is 11.5 Å². The quantitative estimate of drug-likeness (QED) is 0.691. The van der Waals surface area contributed by atoms with Gasteiger partial charge in [0.1, 0.15) is 4.90 Å². The first-order valence-corrected chi connectivity index (χ1v) is 6.79. The molecule has 0 aromatic carbocycles. The highest BCUT2D eigenvalue weighted by molar-refractivity contribution is 7.89. The van der Waals surface area contributed by atoms with Crippen molar-refractivity contribution >= 4 is 15.9 Å². The van der Waals surface area contributed by atoms with Crippen LogP contribution in [0.5, 0.6) is 0 Å². The van der Waals surface area contributed by atoms with Gasteiger partial charge in [0.15, 0.2) is 0 Å².